The minimum absolute atomic E-state index is 0.111. The molecule has 1 aliphatic rings. The molecule has 10 heteroatoms. The number of fused-ring (bicyclic) bond motifs is 3. The van der Waals surface area contributed by atoms with Crippen molar-refractivity contribution in [3.8, 4) is 11.1 Å². The van der Waals surface area contributed by atoms with Gasteiger partial charge in [-0.05, 0) is 77.6 Å². The zero-order valence-corrected chi connectivity index (χ0v) is 26.8. The van der Waals surface area contributed by atoms with E-state index in [1.165, 1.54) is 7.11 Å². The van der Waals surface area contributed by atoms with Gasteiger partial charge in [0.15, 0.2) is 0 Å². The maximum absolute atomic E-state index is 13.2. The predicted molar refractivity (Wildman–Crippen MR) is 175 cm³/mol. The van der Waals surface area contributed by atoms with Gasteiger partial charge in [-0.2, -0.15) is 0 Å². The Morgan fingerprint density at radius 3 is 2.09 bits per heavy atom. The van der Waals surface area contributed by atoms with Crippen molar-refractivity contribution in [1.29, 1.82) is 0 Å². The summed E-state index contributed by atoms with van der Waals surface area (Å²) in [6, 6.07) is 19.5. The number of carbonyl (C=O) groups is 4. The first-order chi connectivity index (χ1) is 22.1. The van der Waals surface area contributed by atoms with Crippen LogP contribution in [0.5, 0.6) is 0 Å². The van der Waals surface area contributed by atoms with E-state index in [1.807, 2.05) is 36.4 Å². The lowest BCUT2D eigenvalue weighted by atomic mass is 9.98. The van der Waals surface area contributed by atoms with E-state index in [4.69, 9.17) is 4.74 Å². The summed E-state index contributed by atoms with van der Waals surface area (Å²) in [4.78, 5) is 50.5. The fraction of sp³-hybridized carbons (Fsp3) is 0.389. The molecule has 3 amide bonds. The van der Waals surface area contributed by atoms with Crippen molar-refractivity contribution in [2.24, 2.45) is 5.92 Å². The molecule has 0 radical (unpaired) electrons. The van der Waals surface area contributed by atoms with E-state index in [1.54, 1.807) is 39.0 Å². The number of carbonyl (C=O) groups excluding carboxylic acids is 4. The van der Waals surface area contributed by atoms with E-state index in [0.717, 1.165) is 33.4 Å². The normalized spacial score (nSPS) is 13.3. The maximum Gasteiger partial charge on any atom is 0.407 e. The Morgan fingerprint density at radius 1 is 0.826 bits per heavy atom. The standard InChI is InChI=1S/C36H43N3O7/c1-22(2)33(39-36(44)46-21-31-29-14-8-6-12-27(29)28-13-7-9-15-30(28)31)35(43)37-23(3)34(42)38-26-18-17-25(20-40)24(19-26)11-5-10-16-32(41)45-4/h6-9,12-15,17-19,22-23,31,33,40H,5,10-11,16,20-21H2,1-4H3,(H,37,43)(H,38,42)(H,39,44)/t23-,33-/m0/s1. The fourth-order valence-electron chi connectivity index (χ4n) is 5.70. The molecule has 244 valence electrons. The number of anilines is 1. The van der Waals surface area contributed by atoms with Crippen molar-refractivity contribution in [3.05, 3.63) is 89.0 Å². The number of hydrogen-bond acceptors (Lipinski definition) is 7. The first kappa shape index (κ1) is 34.2. The third kappa shape index (κ3) is 8.51. The monoisotopic (exact) mass is 629 g/mol. The lowest BCUT2D eigenvalue weighted by Crippen LogP contribution is -2.53. The fourth-order valence-corrected chi connectivity index (χ4v) is 5.70. The van der Waals surface area contributed by atoms with Crippen LogP contribution in [0.15, 0.2) is 66.7 Å². The number of hydrogen-bond donors (Lipinski definition) is 4. The first-order valence-corrected chi connectivity index (χ1v) is 15.6. The molecule has 0 aromatic heterocycles. The molecule has 10 nitrogen and oxygen atoms in total. The van der Waals surface area contributed by atoms with Gasteiger partial charge in [0.1, 0.15) is 18.7 Å². The van der Waals surface area contributed by atoms with Crippen molar-refractivity contribution < 1.29 is 33.8 Å². The van der Waals surface area contributed by atoms with Crippen molar-refractivity contribution in [2.75, 3.05) is 19.0 Å². The molecule has 0 saturated heterocycles. The van der Waals surface area contributed by atoms with Gasteiger partial charge in [-0.1, -0.05) is 68.4 Å². The number of aliphatic hydroxyl groups excluding tert-OH is 1. The van der Waals surface area contributed by atoms with E-state index in [-0.39, 0.29) is 31.0 Å². The lowest BCUT2D eigenvalue weighted by molar-refractivity contribution is -0.140. The Kier molecular flexibility index (Phi) is 11.9. The van der Waals surface area contributed by atoms with Crippen LogP contribution in [0.4, 0.5) is 10.5 Å². The summed E-state index contributed by atoms with van der Waals surface area (Å²) in [7, 11) is 1.35. The number of benzene rings is 3. The SMILES string of the molecule is COC(=O)CCCCc1cc(NC(=O)[C@H](C)NC(=O)[C@@H](NC(=O)OCC2c3ccccc3-c3ccccc32)C(C)C)ccc1CO. The minimum atomic E-state index is -0.925. The number of nitrogens with one attached hydrogen (secondary N) is 3. The molecule has 2 atom stereocenters. The highest BCUT2D eigenvalue weighted by atomic mass is 16.5. The van der Waals surface area contributed by atoms with Gasteiger partial charge in [0.25, 0.3) is 0 Å². The summed E-state index contributed by atoms with van der Waals surface area (Å²) in [6.07, 6.45) is 1.56. The van der Waals surface area contributed by atoms with Gasteiger partial charge in [-0.25, -0.2) is 4.79 Å². The number of unbranched alkanes of at least 4 members (excludes halogenated alkanes) is 1. The maximum atomic E-state index is 13.2. The topological polar surface area (TPSA) is 143 Å². The van der Waals surface area contributed by atoms with Crippen LogP contribution in [0.25, 0.3) is 11.1 Å². The average Bonchev–Trinajstić information content (AvgIpc) is 3.37. The molecule has 1 aliphatic carbocycles. The predicted octanol–water partition coefficient (Wildman–Crippen LogP) is 5.07. The molecule has 3 aromatic rings. The van der Waals surface area contributed by atoms with E-state index in [2.05, 4.69) is 32.8 Å². The molecular weight excluding hydrogens is 586 g/mol. The quantitative estimate of drug-likeness (QED) is 0.144. The van der Waals surface area contributed by atoms with E-state index in [0.29, 0.717) is 31.4 Å². The summed E-state index contributed by atoms with van der Waals surface area (Å²) in [6.45, 7) is 5.13. The molecule has 0 heterocycles. The molecule has 46 heavy (non-hydrogen) atoms. The first-order valence-electron chi connectivity index (χ1n) is 15.6. The zero-order chi connectivity index (χ0) is 33.2. The molecule has 4 N–H and O–H groups in total. The molecule has 0 unspecified atom stereocenters. The summed E-state index contributed by atoms with van der Waals surface area (Å²) in [5.74, 6) is -1.60. The summed E-state index contributed by atoms with van der Waals surface area (Å²) < 4.78 is 10.3. The summed E-state index contributed by atoms with van der Waals surface area (Å²) >= 11 is 0. The second-order valence-electron chi connectivity index (χ2n) is 11.8. The highest BCUT2D eigenvalue weighted by molar-refractivity contribution is 5.98. The Labute approximate surface area is 269 Å². The largest absolute Gasteiger partial charge is 0.469 e. The number of esters is 1. The zero-order valence-electron chi connectivity index (χ0n) is 26.8. The van der Waals surface area contributed by atoms with Crippen LogP contribution >= 0.6 is 0 Å². The number of rotatable bonds is 14. The molecular formula is C36H43N3O7. The molecule has 0 bridgehead atoms. The van der Waals surface area contributed by atoms with Gasteiger partial charge in [0, 0.05) is 18.0 Å². The van der Waals surface area contributed by atoms with E-state index in [9.17, 15) is 24.3 Å². The van der Waals surface area contributed by atoms with Gasteiger partial charge in [0.05, 0.1) is 13.7 Å². The van der Waals surface area contributed by atoms with Gasteiger partial charge >= 0.3 is 12.1 Å². The van der Waals surface area contributed by atoms with Crippen molar-refractivity contribution >= 4 is 29.6 Å². The third-order valence-electron chi connectivity index (χ3n) is 8.27. The van der Waals surface area contributed by atoms with E-state index < -0.39 is 30.0 Å². The molecule has 0 fully saturated rings. The van der Waals surface area contributed by atoms with Crippen LogP contribution in [0.1, 0.15) is 68.2 Å². The summed E-state index contributed by atoms with van der Waals surface area (Å²) in [5.41, 5.74) is 6.52. The lowest BCUT2D eigenvalue weighted by Gasteiger charge is -2.24. The Morgan fingerprint density at radius 2 is 1.48 bits per heavy atom. The van der Waals surface area contributed by atoms with E-state index >= 15 is 0 Å². The van der Waals surface area contributed by atoms with Crippen molar-refractivity contribution in [2.45, 2.75) is 71.1 Å². The van der Waals surface area contributed by atoms with Crippen molar-refractivity contribution in [3.63, 3.8) is 0 Å². The highest BCUT2D eigenvalue weighted by Gasteiger charge is 2.31. The molecule has 0 saturated carbocycles. The number of amides is 3. The Balaban J connectivity index is 1.31. The second kappa shape index (κ2) is 16.0. The molecule has 3 aromatic carbocycles. The average molecular weight is 630 g/mol. The highest BCUT2D eigenvalue weighted by Crippen LogP contribution is 2.44. The third-order valence-corrected chi connectivity index (χ3v) is 8.27. The smallest absolute Gasteiger partial charge is 0.407 e. The molecule has 0 spiro atoms. The van der Waals surface area contributed by atoms with Gasteiger partial charge < -0.3 is 30.5 Å². The molecule has 4 rings (SSSR count). The van der Waals surface area contributed by atoms with Gasteiger partial charge in [-0.3, -0.25) is 14.4 Å². The van der Waals surface area contributed by atoms with Crippen molar-refractivity contribution in [1.82, 2.24) is 10.6 Å². The number of alkyl carbamates (subject to hydrolysis) is 1. The van der Waals surface area contributed by atoms with Gasteiger partial charge in [-0.15, -0.1) is 0 Å². The van der Waals surface area contributed by atoms with Crippen LogP contribution in [0, 0.1) is 5.92 Å². The van der Waals surface area contributed by atoms with Gasteiger partial charge in [0.2, 0.25) is 11.8 Å². The summed E-state index contributed by atoms with van der Waals surface area (Å²) in [5, 5.41) is 17.9. The van der Waals surface area contributed by atoms with Crippen LogP contribution in [-0.2, 0) is 36.9 Å². The Bertz CT molecular complexity index is 1510. The van der Waals surface area contributed by atoms with Crippen LogP contribution in [-0.4, -0.2) is 54.8 Å². The second-order valence-corrected chi connectivity index (χ2v) is 11.8. The number of methoxy groups -OCH3 is 1. The number of ether oxygens (including phenoxy) is 2. The molecule has 0 aliphatic heterocycles. The minimum Gasteiger partial charge on any atom is -0.469 e. The number of aliphatic hydroxyl groups is 1. The van der Waals surface area contributed by atoms with Crippen LogP contribution in [0.2, 0.25) is 0 Å². The van der Waals surface area contributed by atoms with Crippen LogP contribution in [0.3, 0.4) is 0 Å². The Hall–Kier alpha value is -4.70. The van der Waals surface area contributed by atoms with Crippen LogP contribution < -0.4 is 16.0 Å². The number of aryl methyl sites for hydroxylation is 1.